The summed E-state index contributed by atoms with van der Waals surface area (Å²) < 4.78 is 10.5. The van der Waals surface area contributed by atoms with Gasteiger partial charge in [0.15, 0.2) is 6.29 Å². The van der Waals surface area contributed by atoms with Crippen LogP contribution in [0.15, 0.2) is 0 Å². The molecule has 1 rings (SSSR count). The fraction of sp³-hybridized carbons (Fsp3) is 1.00. The number of aliphatic hydroxyl groups is 5. The van der Waals surface area contributed by atoms with Crippen molar-refractivity contribution in [3.63, 3.8) is 0 Å². The first-order valence-electron chi connectivity index (χ1n) is 6.22. The molecule has 114 valence electrons. The molecule has 1 aliphatic rings. The zero-order valence-corrected chi connectivity index (χ0v) is 11.4. The zero-order chi connectivity index (χ0) is 14.3. The van der Waals surface area contributed by atoms with Crippen LogP contribution in [0.4, 0.5) is 0 Å². The Morgan fingerprint density at radius 3 is 2.37 bits per heavy atom. The highest BCUT2D eigenvalue weighted by Gasteiger charge is 2.43. The van der Waals surface area contributed by atoms with Gasteiger partial charge in [-0.25, -0.2) is 0 Å². The van der Waals surface area contributed by atoms with Gasteiger partial charge in [-0.3, -0.25) is 0 Å². The highest BCUT2D eigenvalue weighted by atomic mass is 32.2. The smallest absolute Gasteiger partial charge is 0.186 e. The number of ether oxygens (including phenoxy) is 2. The molecule has 1 heterocycles. The largest absolute Gasteiger partial charge is 0.396 e. The van der Waals surface area contributed by atoms with Crippen LogP contribution in [0.5, 0.6) is 0 Å². The van der Waals surface area contributed by atoms with E-state index in [0.717, 1.165) is 5.75 Å². The van der Waals surface area contributed by atoms with E-state index in [4.69, 9.17) is 19.7 Å². The second-order valence-corrected chi connectivity index (χ2v) is 5.48. The van der Waals surface area contributed by atoms with Crippen LogP contribution < -0.4 is 0 Å². The fourth-order valence-electron chi connectivity index (χ4n) is 1.73. The van der Waals surface area contributed by atoms with E-state index in [1.165, 1.54) is 0 Å². The van der Waals surface area contributed by atoms with Crippen molar-refractivity contribution >= 4 is 11.8 Å². The Bertz CT molecular complexity index is 241. The molecule has 19 heavy (non-hydrogen) atoms. The van der Waals surface area contributed by atoms with Crippen LogP contribution in [0, 0.1) is 0 Å². The Labute approximate surface area is 116 Å². The normalized spacial score (nSPS) is 35.5. The lowest BCUT2D eigenvalue weighted by atomic mass is 9.99. The summed E-state index contributed by atoms with van der Waals surface area (Å²) in [5, 5.41) is 46.4. The van der Waals surface area contributed by atoms with Crippen molar-refractivity contribution in [1.29, 1.82) is 0 Å². The lowest BCUT2D eigenvalue weighted by Crippen LogP contribution is -2.59. The molecule has 1 fully saturated rings. The molecular weight excluding hydrogens is 276 g/mol. The molecule has 1 aliphatic heterocycles. The maximum absolute atomic E-state index is 9.68. The molecule has 0 aromatic rings. The van der Waals surface area contributed by atoms with Crippen molar-refractivity contribution in [3.8, 4) is 0 Å². The zero-order valence-electron chi connectivity index (χ0n) is 10.6. The molecule has 0 aromatic heterocycles. The standard InChI is InChI=1S/C11H22O7S/c12-2-5-19-4-1-3-17-11-10(16)9(15)8(14)7(6-13)18-11/h7-16H,1-6H2/t7-,8-,9+,10+,11+/m1/s1. The topological polar surface area (TPSA) is 120 Å². The van der Waals surface area contributed by atoms with Gasteiger partial charge in [0.25, 0.3) is 0 Å². The molecule has 5 N–H and O–H groups in total. The summed E-state index contributed by atoms with van der Waals surface area (Å²) in [4.78, 5) is 0. The molecule has 0 amide bonds. The van der Waals surface area contributed by atoms with E-state index in [1.54, 1.807) is 11.8 Å². The Morgan fingerprint density at radius 2 is 1.74 bits per heavy atom. The van der Waals surface area contributed by atoms with Gasteiger partial charge in [-0.05, 0) is 12.2 Å². The van der Waals surface area contributed by atoms with Crippen molar-refractivity contribution in [3.05, 3.63) is 0 Å². The van der Waals surface area contributed by atoms with E-state index < -0.39 is 37.3 Å². The number of thioether (sulfide) groups is 1. The summed E-state index contributed by atoms with van der Waals surface area (Å²) >= 11 is 1.58. The average Bonchev–Trinajstić information content (AvgIpc) is 2.42. The van der Waals surface area contributed by atoms with Gasteiger partial charge in [0.05, 0.1) is 19.8 Å². The SMILES string of the molecule is OCCSCCCO[C@H]1O[C@H](CO)[C@@H](O)[C@H](O)[C@@H]1O. The van der Waals surface area contributed by atoms with Crippen LogP contribution in [-0.2, 0) is 9.47 Å². The van der Waals surface area contributed by atoms with Gasteiger partial charge in [0.1, 0.15) is 24.4 Å². The fourth-order valence-corrected chi connectivity index (χ4v) is 2.39. The van der Waals surface area contributed by atoms with Crippen LogP contribution in [0.2, 0.25) is 0 Å². The lowest BCUT2D eigenvalue weighted by molar-refractivity contribution is -0.300. The Balaban J connectivity index is 2.28. The van der Waals surface area contributed by atoms with E-state index in [1.807, 2.05) is 0 Å². The maximum atomic E-state index is 9.68. The quantitative estimate of drug-likeness (QED) is 0.324. The molecule has 0 aromatic carbocycles. The second kappa shape index (κ2) is 9.09. The Hall–Kier alpha value is 0.0700. The lowest BCUT2D eigenvalue weighted by Gasteiger charge is -2.39. The highest BCUT2D eigenvalue weighted by molar-refractivity contribution is 7.99. The first-order valence-corrected chi connectivity index (χ1v) is 7.38. The molecule has 8 heteroatoms. The summed E-state index contributed by atoms with van der Waals surface area (Å²) in [5.41, 5.74) is 0. The van der Waals surface area contributed by atoms with Gasteiger partial charge in [-0.1, -0.05) is 0 Å². The molecular formula is C11H22O7S. The Kier molecular flexibility index (Phi) is 8.19. The van der Waals surface area contributed by atoms with Gasteiger partial charge >= 0.3 is 0 Å². The minimum Gasteiger partial charge on any atom is -0.396 e. The molecule has 0 bridgehead atoms. The van der Waals surface area contributed by atoms with Gasteiger partial charge in [0.2, 0.25) is 0 Å². The summed E-state index contributed by atoms with van der Waals surface area (Å²) in [6.45, 7) is -0.00346. The van der Waals surface area contributed by atoms with Crippen LogP contribution in [0.1, 0.15) is 6.42 Å². The highest BCUT2D eigenvalue weighted by Crippen LogP contribution is 2.22. The first kappa shape index (κ1) is 17.1. The summed E-state index contributed by atoms with van der Waals surface area (Å²) in [5.74, 6) is 1.47. The van der Waals surface area contributed by atoms with E-state index in [-0.39, 0.29) is 6.61 Å². The minimum absolute atomic E-state index is 0.137. The molecule has 0 aliphatic carbocycles. The van der Waals surface area contributed by atoms with E-state index in [9.17, 15) is 15.3 Å². The number of hydrogen-bond acceptors (Lipinski definition) is 8. The predicted octanol–water partition coefficient (Wildman–Crippen LogP) is -2.08. The van der Waals surface area contributed by atoms with Crippen LogP contribution >= 0.6 is 11.8 Å². The molecule has 5 atom stereocenters. The Morgan fingerprint density at radius 1 is 1.00 bits per heavy atom. The minimum atomic E-state index is -1.40. The summed E-state index contributed by atoms with van der Waals surface area (Å²) in [7, 11) is 0. The van der Waals surface area contributed by atoms with Crippen molar-refractivity contribution < 1.29 is 35.0 Å². The van der Waals surface area contributed by atoms with Crippen molar-refractivity contribution in [2.45, 2.75) is 37.1 Å². The van der Waals surface area contributed by atoms with E-state index in [2.05, 4.69) is 0 Å². The molecule has 7 nitrogen and oxygen atoms in total. The molecule has 0 spiro atoms. The number of hydrogen-bond donors (Lipinski definition) is 5. The van der Waals surface area contributed by atoms with Crippen LogP contribution in [0.3, 0.4) is 0 Å². The van der Waals surface area contributed by atoms with Gasteiger partial charge in [-0.15, -0.1) is 0 Å². The third kappa shape index (κ3) is 5.16. The van der Waals surface area contributed by atoms with Crippen molar-refractivity contribution in [2.24, 2.45) is 0 Å². The molecule has 0 unspecified atom stereocenters. The van der Waals surface area contributed by atoms with Crippen LogP contribution in [-0.4, -0.2) is 87.6 Å². The molecule has 1 saturated heterocycles. The second-order valence-electron chi connectivity index (χ2n) is 4.26. The van der Waals surface area contributed by atoms with Crippen molar-refractivity contribution in [1.82, 2.24) is 0 Å². The average molecular weight is 298 g/mol. The molecule has 0 radical (unpaired) electrons. The summed E-state index contributed by atoms with van der Waals surface area (Å²) in [6, 6.07) is 0. The third-order valence-electron chi connectivity index (χ3n) is 2.80. The predicted molar refractivity (Wildman–Crippen MR) is 68.7 cm³/mol. The van der Waals surface area contributed by atoms with Crippen LogP contribution in [0.25, 0.3) is 0 Å². The maximum Gasteiger partial charge on any atom is 0.186 e. The third-order valence-corrected chi connectivity index (χ3v) is 3.85. The van der Waals surface area contributed by atoms with Gasteiger partial charge in [-0.2, -0.15) is 11.8 Å². The first-order chi connectivity index (χ1) is 9.11. The number of aliphatic hydroxyl groups excluding tert-OH is 5. The monoisotopic (exact) mass is 298 g/mol. The van der Waals surface area contributed by atoms with Crippen molar-refractivity contribution in [2.75, 3.05) is 31.3 Å². The number of rotatable bonds is 8. The van der Waals surface area contributed by atoms with Gasteiger partial charge < -0.3 is 35.0 Å². The molecule has 0 saturated carbocycles. The van der Waals surface area contributed by atoms with E-state index >= 15 is 0 Å². The van der Waals surface area contributed by atoms with E-state index in [0.29, 0.717) is 18.8 Å². The van der Waals surface area contributed by atoms with Gasteiger partial charge in [0, 0.05) is 5.75 Å². The summed E-state index contributed by atoms with van der Waals surface area (Å²) in [6.07, 6.45) is -5.40.